The number of nitrogen functional groups attached to an aromatic ring is 1. The molecule has 1 aliphatic heterocycles. The van der Waals surface area contributed by atoms with E-state index in [9.17, 15) is 4.39 Å². The van der Waals surface area contributed by atoms with Gasteiger partial charge in [0.1, 0.15) is 17.0 Å². The molecule has 0 saturated carbocycles. The normalized spacial score (nSPS) is 14.8. The molecule has 1 aliphatic rings. The van der Waals surface area contributed by atoms with E-state index in [4.69, 9.17) is 10.2 Å². The van der Waals surface area contributed by atoms with Crippen molar-refractivity contribution in [3.63, 3.8) is 0 Å². The SMILES string of the molecule is Cc1nc2cc(F)c(N3CCN(CCn4ncc5c4nc(N)n4nc(-c6nccnc6C)nc54)CC3)cc2o1. The van der Waals surface area contributed by atoms with Crippen molar-refractivity contribution in [2.75, 3.05) is 43.4 Å². The molecular weight excluding hydrogens is 503 g/mol. The standard InChI is InChI=1S/C25H25FN12O/c1-14-21(29-4-3-28-14)22-32-24-16-13-30-37(23(16)33-25(27)38(24)34-22)10-7-35-5-8-36(9-6-35)19-12-20-18(11-17(19)26)31-15(2)39-20/h3-4,11-13H,5-10H2,1-2H3,(H2,27,33). The minimum atomic E-state index is -0.284. The van der Waals surface area contributed by atoms with E-state index >= 15 is 0 Å². The molecule has 1 aromatic carbocycles. The smallest absolute Gasteiger partial charge is 0.225 e. The number of anilines is 2. The van der Waals surface area contributed by atoms with Crippen LogP contribution >= 0.6 is 0 Å². The molecule has 198 valence electrons. The number of benzene rings is 1. The Hall–Kier alpha value is -4.72. The second kappa shape index (κ2) is 8.94. The Labute approximate surface area is 221 Å². The van der Waals surface area contributed by atoms with E-state index in [-0.39, 0.29) is 11.8 Å². The van der Waals surface area contributed by atoms with Crippen LogP contribution in [-0.2, 0) is 6.54 Å². The molecule has 5 aromatic heterocycles. The van der Waals surface area contributed by atoms with Gasteiger partial charge in [-0.25, -0.2) is 24.0 Å². The maximum atomic E-state index is 14.8. The fraction of sp³-hybridized carbons (Fsp3) is 0.320. The van der Waals surface area contributed by atoms with E-state index in [0.29, 0.717) is 65.1 Å². The molecule has 2 N–H and O–H groups in total. The number of nitrogens with zero attached hydrogens (tertiary/aromatic N) is 11. The second-order valence-corrected chi connectivity index (χ2v) is 9.57. The molecule has 13 nitrogen and oxygen atoms in total. The van der Waals surface area contributed by atoms with E-state index in [0.717, 1.165) is 30.7 Å². The molecule has 1 saturated heterocycles. The van der Waals surface area contributed by atoms with Crippen molar-refractivity contribution in [1.82, 2.24) is 49.2 Å². The van der Waals surface area contributed by atoms with Crippen molar-refractivity contribution in [1.29, 1.82) is 0 Å². The largest absolute Gasteiger partial charge is 0.441 e. The lowest BCUT2D eigenvalue weighted by atomic mass is 10.2. The summed E-state index contributed by atoms with van der Waals surface area (Å²) in [5.74, 6) is 0.892. The van der Waals surface area contributed by atoms with Gasteiger partial charge in [-0.05, 0) is 6.92 Å². The number of nitrogens with two attached hydrogens (primary N) is 1. The van der Waals surface area contributed by atoms with Crippen molar-refractivity contribution in [2.24, 2.45) is 0 Å². The fourth-order valence-corrected chi connectivity index (χ4v) is 5.09. The summed E-state index contributed by atoms with van der Waals surface area (Å²) in [7, 11) is 0. The van der Waals surface area contributed by atoms with E-state index in [1.54, 1.807) is 31.6 Å². The van der Waals surface area contributed by atoms with Crippen LogP contribution in [0.4, 0.5) is 16.0 Å². The third-order valence-electron chi connectivity index (χ3n) is 7.10. The lowest BCUT2D eigenvalue weighted by Gasteiger charge is -2.36. The summed E-state index contributed by atoms with van der Waals surface area (Å²) in [6, 6.07) is 3.19. The lowest BCUT2D eigenvalue weighted by molar-refractivity contribution is 0.245. The van der Waals surface area contributed by atoms with Gasteiger partial charge in [0.05, 0.1) is 29.5 Å². The molecule has 0 radical (unpaired) electrons. The minimum Gasteiger partial charge on any atom is -0.441 e. The van der Waals surface area contributed by atoms with Crippen LogP contribution in [0.15, 0.2) is 35.1 Å². The Balaban J connectivity index is 1.07. The first-order chi connectivity index (χ1) is 18.9. The van der Waals surface area contributed by atoms with Gasteiger partial charge in [-0.1, -0.05) is 0 Å². The van der Waals surface area contributed by atoms with Crippen LogP contribution in [0.2, 0.25) is 0 Å². The Bertz CT molecular complexity index is 1850. The summed E-state index contributed by atoms with van der Waals surface area (Å²) in [5, 5.41) is 9.82. The van der Waals surface area contributed by atoms with Gasteiger partial charge in [0.15, 0.2) is 22.8 Å². The highest BCUT2D eigenvalue weighted by Gasteiger charge is 2.22. The highest BCUT2D eigenvalue weighted by Crippen LogP contribution is 2.28. The summed E-state index contributed by atoms with van der Waals surface area (Å²) in [6.07, 6.45) is 4.97. The molecule has 0 unspecified atom stereocenters. The zero-order chi connectivity index (χ0) is 26.7. The Kier molecular flexibility index (Phi) is 5.36. The molecule has 0 atom stereocenters. The third kappa shape index (κ3) is 4.00. The van der Waals surface area contributed by atoms with Gasteiger partial charge in [-0.3, -0.25) is 9.88 Å². The first kappa shape index (κ1) is 23.4. The Morgan fingerprint density at radius 2 is 1.79 bits per heavy atom. The van der Waals surface area contributed by atoms with Crippen LogP contribution in [0.1, 0.15) is 11.6 Å². The van der Waals surface area contributed by atoms with Gasteiger partial charge in [0, 0.05) is 64.2 Å². The van der Waals surface area contributed by atoms with Gasteiger partial charge in [0.25, 0.3) is 0 Å². The highest BCUT2D eigenvalue weighted by molar-refractivity contribution is 5.90. The predicted octanol–water partition coefficient (Wildman–Crippen LogP) is 2.23. The molecule has 0 amide bonds. The number of aryl methyl sites for hydroxylation is 2. The first-order valence-corrected chi connectivity index (χ1v) is 12.6. The van der Waals surface area contributed by atoms with Crippen molar-refractivity contribution in [3.05, 3.63) is 48.1 Å². The van der Waals surface area contributed by atoms with Crippen molar-refractivity contribution < 1.29 is 8.81 Å². The summed E-state index contributed by atoms with van der Waals surface area (Å²) >= 11 is 0. The van der Waals surface area contributed by atoms with Crippen LogP contribution in [0.3, 0.4) is 0 Å². The summed E-state index contributed by atoms with van der Waals surface area (Å²) in [5.41, 5.74) is 10.5. The number of aromatic nitrogens is 9. The molecule has 0 bridgehead atoms. The number of fused-ring (bicyclic) bond motifs is 4. The fourth-order valence-electron chi connectivity index (χ4n) is 5.09. The first-order valence-electron chi connectivity index (χ1n) is 12.6. The van der Waals surface area contributed by atoms with Crippen LogP contribution < -0.4 is 10.6 Å². The van der Waals surface area contributed by atoms with Gasteiger partial charge < -0.3 is 15.1 Å². The number of oxazole rings is 1. The molecule has 0 spiro atoms. The van der Waals surface area contributed by atoms with Crippen LogP contribution in [0.25, 0.3) is 39.3 Å². The molecule has 6 aromatic rings. The van der Waals surface area contributed by atoms with E-state index < -0.39 is 0 Å². The zero-order valence-electron chi connectivity index (χ0n) is 21.4. The second-order valence-electron chi connectivity index (χ2n) is 9.57. The molecule has 1 fully saturated rings. The maximum Gasteiger partial charge on any atom is 0.225 e. The molecule has 0 aliphatic carbocycles. The van der Waals surface area contributed by atoms with E-state index in [1.165, 1.54) is 10.6 Å². The molecule has 14 heteroatoms. The number of piperazine rings is 1. The van der Waals surface area contributed by atoms with Crippen LogP contribution in [0.5, 0.6) is 0 Å². The van der Waals surface area contributed by atoms with Gasteiger partial charge in [-0.15, -0.1) is 5.10 Å². The number of rotatable bonds is 5. The van der Waals surface area contributed by atoms with Gasteiger partial charge in [0.2, 0.25) is 11.8 Å². The maximum absolute atomic E-state index is 14.8. The van der Waals surface area contributed by atoms with Gasteiger partial charge >= 0.3 is 0 Å². The average Bonchev–Trinajstić information content (AvgIpc) is 3.64. The minimum absolute atomic E-state index is 0.217. The number of hydrogen-bond donors (Lipinski definition) is 1. The molecule has 7 rings (SSSR count). The Morgan fingerprint density at radius 1 is 0.974 bits per heavy atom. The van der Waals surface area contributed by atoms with E-state index in [2.05, 4.69) is 40.0 Å². The number of hydrogen-bond acceptors (Lipinski definition) is 11. The predicted molar refractivity (Wildman–Crippen MR) is 142 cm³/mol. The summed E-state index contributed by atoms with van der Waals surface area (Å²) < 4.78 is 23.7. The average molecular weight is 529 g/mol. The van der Waals surface area contributed by atoms with Crippen LogP contribution in [0, 0.1) is 19.7 Å². The van der Waals surface area contributed by atoms with Gasteiger partial charge in [-0.2, -0.15) is 14.6 Å². The monoisotopic (exact) mass is 528 g/mol. The number of halogens is 1. The highest BCUT2D eigenvalue weighted by atomic mass is 19.1. The third-order valence-corrected chi connectivity index (χ3v) is 7.10. The topological polar surface area (TPSA) is 145 Å². The quantitative estimate of drug-likeness (QED) is 0.351. The van der Waals surface area contributed by atoms with Crippen molar-refractivity contribution >= 4 is 39.4 Å². The Morgan fingerprint density at radius 3 is 2.62 bits per heavy atom. The molecule has 39 heavy (non-hydrogen) atoms. The summed E-state index contributed by atoms with van der Waals surface area (Å²) in [6.45, 7) is 7.97. The summed E-state index contributed by atoms with van der Waals surface area (Å²) in [4.78, 5) is 26.5. The molecule has 6 heterocycles. The zero-order valence-corrected chi connectivity index (χ0v) is 21.4. The lowest BCUT2D eigenvalue weighted by Crippen LogP contribution is -2.47. The van der Waals surface area contributed by atoms with Crippen molar-refractivity contribution in [2.45, 2.75) is 20.4 Å². The van der Waals surface area contributed by atoms with E-state index in [1.807, 2.05) is 16.5 Å². The molecular formula is C25H25FN12O. The van der Waals surface area contributed by atoms with Crippen molar-refractivity contribution in [3.8, 4) is 11.5 Å². The van der Waals surface area contributed by atoms with Crippen LogP contribution in [-0.4, -0.2) is 81.9 Å².